The molecule has 1 saturated heterocycles. The second kappa shape index (κ2) is 4.89. The fraction of sp³-hybridized carbons (Fsp3) is 0.500. The Hall–Kier alpha value is -1.00. The van der Waals surface area contributed by atoms with Crippen LogP contribution in [0.4, 0.5) is 0 Å². The number of thiocarbonyl (C=S) groups is 1. The zero-order valence-electron chi connectivity index (χ0n) is 9.52. The Labute approximate surface area is 102 Å². The van der Waals surface area contributed by atoms with Gasteiger partial charge in [-0.1, -0.05) is 19.1 Å². The lowest BCUT2D eigenvalue weighted by molar-refractivity contribution is 0.320. The van der Waals surface area contributed by atoms with E-state index in [1.165, 1.54) is 25.1 Å². The molecule has 1 aromatic rings. The number of hydrogen-bond acceptors (Lipinski definition) is 3. The van der Waals surface area contributed by atoms with Crippen LogP contribution in [0.15, 0.2) is 18.3 Å². The molecular weight excluding hydrogens is 218 g/mol. The van der Waals surface area contributed by atoms with Crippen LogP contribution < -0.4 is 5.73 Å². The van der Waals surface area contributed by atoms with Crippen molar-refractivity contribution >= 4 is 17.2 Å². The maximum Gasteiger partial charge on any atom is 0.122 e. The molecule has 0 radical (unpaired) electrons. The minimum atomic E-state index is 0.372. The summed E-state index contributed by atoms with van der Waals surface area (Å²) >= 11 is 4.92. The maximum atomic E-state index is 5.57. The molecule has 1 aliphatic rings. The molecule has 2 rings (SSSR count). The molecule has 0 aliphatic carbocycles. The van der Waals surface area contributed by atoms with Gasteiger partial charge in [0.2, 0.25) is 0 Å². The van der Waals surface area contributed by atoms with E-state index in [1.54, 1.807) is 6.20 Å². The molecule has 2 N–H and O–H groups in total. The van der Waals surface area contributed by atoms with Crippen LogP contribution in [0.2, 0.25) is 0 Å². The van der Waals surface area contributed by atoms with Gasteiger partial charge in [0.15, 0.2) is 0 Å². The van der Waals surface area contributed by atoms with Gasteiger partial charge in [-0.05, 0) is 36.6 Å². The van der Waals surface area contributed by atoms with Gasteiger partial charge in [0, 0.05) is 19.3 Å². The predicted octanol–water partition coefficient (Wildman–Crippen LogP) is 1.56. The zero-order chi connectivity index (χ0) is 11.5. The number of hydrogen-bond donors (Lipinski definition) is 1. The fourth-order valence-corrected chi connectivity index (χ4v) is 2.25. The summed E-state index contributed by atoms with van der Waals surface area (Å²) in [6.45, 7) is 5.64. The summed E-state index contributed by atoms with van der Waals surface area (Å²) < 4.78 is 0. The molecule has 86 valence electrons. The Morgan fingerprint density at radius 2 is 2.50 bits per heavy atom. The minimum Gasteiger partial charge on any atom is -0.388 e. The SMILES string of the molecule is CC1CCN(Cc2ccnc(C(N)=S)c2)C1. The van der Waals surface area contributed by atoms with Crippen LogP contribution in [0.5, 0.6) is 0 Å². The van der Waals surface area contributed by atoms with Crippen LogP contribution in [0.1, 0.15) is 24.6 Å². The van der Waals surface area contributed by atoms with Gasteiger partial charge in [-0.25, -0.2) is 0 Å². The first-order valence-electron chi connectivity index (χ1n) is 5.62. The van der Waals surface area contributed by atoms with Crippen molar-refractivity contribution in [2.45, 2.75) is 19.9 Å². The number of nitrogens with two attached hydrogens (primary N) is 1. The third-order valence-electron chi connectivity index (χ3n) is 2.99. The number of likely N-dealkylation sites (tertiary alicyclic amines) is 1. The van der Waals surface area contributed by atoms with E-state index >= 15 is 0 Å². The van der Waals surface area contributed by atoms with E-state index in [4.69, 9.17) is 18.0 Å². The topological polar surface area (TPSA) is 42.2 Å². The van der Waals surface area contributed by atoms with Crippen molar-refractivity contribution < 1.29 is 0 Å². The molecule has 0 aromatic carbocycles. The molecule has 1 atom stereocenters. The van der Waals surface area contributed by atoms with Crippen LogP contribution in [0.3, 0.4) is 0 Å². The Balaban J connectivity index is 2.04. The van der Waals surface area contributed by atoms with Gasteiger partial charge in [-0.3, -0.25) is 9.88 Å². The molecule has 1 aromatic heterocycles. The summed E-state index contributed by atoms with van der Waals surface area (Å²) in [5.74, 6) is 0.817. The third-order valence-corrected chi connectivity index (χ3v) is 3.20. The second-order valence-electron chi connectivity index (χ2n) is 4.54. The molecule has 1 aliphatic heterocycles. The number of rotatable bonds is 3. The van der Waals surface area contributed by atoms with E-state index in [0.29, 0.717) is 4.99 Å². The summed E-state index contributed by atoms with van der Waals surface area (Å²) in [6, 6.07) is 4.02. The largest absolute Gasteiger partial charge is 0.388 e. The summed E-state index contributed by atoms with van der Waals surface area (Å²) in [5, 5.41) is 0. The highest BCUT2D eigenvalue weighted by molar-refractivity contribution is 7.80. The predicted molar refractivity (Wildman–Crippen MR) is 69.2 cm³/mol. The Bertz CT molecular complexity index is 392. The number of pyridine rings is 1. The number of nitrogens with zero attached hydrogens (tertiary/aromatic N) is 2. The van der Waals surface area contributed by atoms with Gasteiger partial charge in [-0.2, -0.15) is 0 Å². The lowest BCUT2D eigenvalue weighted by Crippen LogP contribution is -2.20. The van der Waals surface area contributed by atoms with Crippen LogP contribution in [-0.4, -0.2) is 28.0 Å². The highest BCUT2D eigenvalue weighted by Crippen LogP contribution is 2.17. The Kier molecular flexibility index (Phi) is 3.51. The highest BCUT2D eigenvalue weighted by atomic mass is 32.1. The van der Waals surface area contributed by atoms with Crippen LogP contribution >= 0.6 is 12.2 Å². The monoisotopic (exact) mass is 235 g/mol. The summed E-state index contributed by atoms with van der Waals surface area (Å²) in [4.78, 5) is 6.98. The molecule has 0 amide bonds. The lowest BCUT2D eigenvalue weighted by Gasteiger charge is -2.15. The van der Waals surface area contributed by atoms with Gasteiger partial charge in [0.25, 0.3) is 0 Å². The van der Waals surface area contributed by atoms with Gasteiger partial charge in [-0.15, -0.1) is 0 Å². The van der Waals surface area contributed by atoms with Crippen molar-refractivity contribution in [3.8, 4) is 0 Å². The quantitative estimate of drug-likeness (QED) is 0.807. The molecule has 2 heterocycles. The van der Waals surface area contributed by atoms with Gasteiger partial charge in [0.1, 0.15) is 4.99 Å². The van der Waals surface area contributed by atoms with E-state index in [0.717, 1.165) is 18.2 Å². The van der Waals surface area contributed by atoms with E-state index in [-0.39, 0.29) is 0 Å². The molecule has 4 heteroatoms. The summed E-state index contributed by atoms with van der Waals surface area (Å²) in [7, 11) is 0. The van der Waals surface area contributed by atoms with Gasteiger partial charge >= 0.3 is 0 Å². The molecular formula is C12H17N3S. The number of aromatic nitrogens is 1. The van der Waals surface area contributed by atoms with Crippen molar-refractivity contribution in [3.05, 3.63) is 29.6 Å². The molecule has 1 fully saturated rings. The average Bonchev–Trinajstić information content (AvgIpc) is 2.64. The van der Waals surface area contributed by atoms with Crippen molar-refractivity contribution in [3.63, 3.8) is 0 Å². The van der Waals surface area contributed by atoms with Crippen molar-refractivity contribution in [1.29, 1.82) is 0 Å². The second-order valence-corrected chi connectivity index (χ2v) is 4.98. The first-order valence-corrected chi connectivity index (χ1v) is 6.03. The standard InChI is InChI=1S/C12H17N3S/c1-9-3-5-15(7-9)8-10-2-4-14-11(6-10)12(13)16/h2,4,6,9H,3,5,7-8H2,1H3,(H2,13,16). The van der Waals surface area contributed by atoms with E-state index in [2.05, 4.69) is 16.8 Å². The van der Waals surface area contributed by atoms with Crippen molar-refractivity contribution in [2.75, 3.05) is 13.1 Å². The van der Waals surface area contributed by atoms with E-state index in [9.17, 15) is 0 Å². The first-order chi connectivity index (χ1) is 7.65. The fourth-order valence-electron chi connectivity index (χ4n) is 2.14. The van der Waals surface area contributed by atoms with E-state index < -0.39 is 0 Å². The molecule has 1 unspecified atom stereocenters. The van der Waals surface area contributed by atoms with E-state index in [1.807, 2.05) is 12.1 Å². The highest BCUT2D eigenvalue weighted by Gasteiger charge is 2.18. The minimum absolute atomic E-state index is 0.372. The van der Waals surface area contributed by atoms with Crippen molar-refractivity contribution in [2.24, 2.45) is 11.7 Å². The smallest absolute Gasteiger partial charge is 0.122 e. The van der Waals surface area contributed by atoms with Crippen LogP contribution in [0, 0.1) is 5.92 Å². The molecule has 3 nitrogen and oxygen atoms in total. The van der Waals surface area contributed by atoms with Crippen LogP contribution in [0.25, 0.3) is 0 Å². The molecule has 0 spiro atoms. The normalized spacial score (nSPS) is 21.2. The Morgan fingerprint density at radius 3 is 3.12 bits per heavy atom. The van der Waals surface area contributed by atoms with Crippen molar-refractivity contribution in [1.82, 2.24) is 9.88 Å². The Morgan fingerprint density at radius 1 is 1.69 bits per heavy atom. The lowest BCUT2D eigenvalue weighted by atomic mass is 10.2. The van der Waals surface area contributed by atoms with Crippen LogP contribution in [-0.2, 0) is 6.54 Å². The molecule has 0 bridgehead atoms. The summed E-state index contributed by atoms with van der Waals surface area (Å²) in [6.07, 6.45) is 3.08. The zero-order valence-corrected chi connectivity index (χ0v) is 10.3. The van der Waals surface area contributed by atoms with Gasteiger partial charge < -0.3 is 5.73 Å². The maximum absolute atomic E-state index is 5.57. The average molecular weight is 235 g/mol. The first kappa shape index (κ1) is 11.5. The summed E-state index contributed by atoms with van der Waals surface area (Å²) in [5.41, 5.74) is 7.53. The van der Waals surface area contributed by atoms with Gasteiger partial charge in [0.05, 0.1) is 5.69 Å². The third kappa shape index (κ3) is 2.77. The molecule has 16 heavy (non-hydrogen) atoms. The molecule has 0 saturated carbocycles.